The number of benzene rings is 2. The number of anilines is 1. The van der Waals surface area contributed by atoms with Crippen LogP contribution in [0.1, 0.15) is 12.5 Å². The predicted octanol–water partition coefficient (Wildman–Crippen LogP) is 2.39. The van der Waals surface area contributed by atoms with Crippen LogP contribution in [0.25, 0.3) is 6.08 Å². The minimum Gasteiger partial charge on any atom is -0.494 e. The van der Waals surface area contributed by atoms with Crippen molar-refractivity contribution >= 4 is 46.9 Å². The van der Waals surface area contributed by atoms with Gasteiger partial charge in [-0.05, 0) is 67.2 Å². The zero-order valence-corrected chi connectivity index (χ0v) is 18.1. The molecular weight excluding hydrogens is 436 g/mol. The van der Waals surface area contributed by atoms with Crippen molar-refractivity contribution in [2.75, 3.05) is 25.2 Å². The van der Waals surface area contributed by atoms with E-state index in [-0.39, 0.29) is 22.2 Å². The van der Waals surface area contributed by atoms with Gasteiger partial charge in [-0.15, -0.1) is 0 Å². The van der Waals surface area contributed by atoms with Crippen molar-refractivity contribution in [3.8, 4) is 17.2 Å². The molecule has 10 heteroatoms. The smallest absolute Gasteiger partial charge is 0.341 e. The molecule has 3 rings (SSSR count). The number of methoxy groups -OCH3 is 1. The van der Waals surface area contributed by atoms with E-state index >= 15 is 0 Å². The molecule has 2 N–H and O–H groups in total. The van der Waals surface area contributed by atoms with E-state index in [2.05, 4.69) is 5.32 Å². The van der Waals surface area contributed by atoms with Crippen LogP contribution in [0.4, 0.5) is 5.69 Å². The first kappa shape index (κ1) is 22.8. The molecule has 1 fully saturated rings. The van der Waals surface area contributed by atoms with Crippen molar-refractivity contribution in [2.24, 2.45) is 0 Å². The summed E-state index contributed by atoms with van der Waals surface area (Å²) >= 11 is 5.20. The molecule has 1 saturated heterocycles. The Labute approximate surface area is 189 Å². The van der Waals surface area contributed by atoms with Gasteiger partial charge in [-0.2, -0.15) is 0 Å². The number of carbonyl (C=O) groups excluding carboxylic acids is 2. The van der Waals surface area contributed by atoms with E-state index in [0.717, 1.165) is 0 Å². The van der Waals surface area contributed by atoms with Gasteiger partial charge < -0.3 is 19.3 Å². The van der Waals surface area contributed by atoms with Gasteiger partial charge in [0.25, 0.3) is 11.8 Å². The SMILES string of the molecule is CCOc1ccc(N2C(=O)/C(=C/c3ccc(OCC(=O)O)c(OC)c3)C(=O)NC2=S)cc1. The fourth-order valence-corrected chi connectivity index (χ4v) is 3.23. The number of aliphatic carboxylic acids is 1. The van der Waals surface area contributed by atoms with Gasteiger partial charge in [0.15, 0.2) is 23.2 Å². The highest BCUT2D eigenvalue weighted by Crippen LogP contribution is 2.30. The predicted molar refractivity (Wildman–Crippen MR) is 120 cm³/mol. The summed E-state index contributed by atoms with van der Waals surface area (Å²) in [5.74, 6) is -1.24. The number of nitrogens with one attached hydrogen (secondary N) is 1. The summed E-state index contributed by atoms with van der Waals surface area (Å²) in [6.07, 6.45) is 1.39. The molecule has 2 aromatic carbocycles. The van der Waals surface area contributed by atoms with E-state index in [9.17, 15) is 14.4 Å². The number of carboxylic acid groups (broad SMARTS) is 1. The summed E-state index contributed by atoms with van der Waals surface area (Å²) in [6.45, 7) is 1.84. The molecule has 0 atom stereocenters. The van der Waals surface area contributed by atoms with Gasteiger partial charge in [-0.25, -0.2) is 4.79 Å². The van der Waals surface area contributed by atoms with E-state index in [0.29, 0.717) is 23.6 Å². The maximum atomic E-state index is 13.1. The van der Waals surface area contributed by atoms with Gasteiger partial charge in [0.05, 0.1) is 19.4 Å². The van der Waals surface area contributed by atoms with Crippen molar-refractivity contribution in [1.82, 2.24) is 5.32 Å². The third-order valence-corrected chi connectivity index (χ3v) is 4.64. The lowest BCUT2D eigenvalue weighted by molar-refractivity contribution is -0.139. The zero-order valence-electron chi connectivity index (χ0n) is 17.3. The minimum absolute atomic E-state index is 0.0312. The van der Waals surface area contributed by atoms with Crippen molar-refractivity contribution in [2.45, 2.75) is 6.92 Å². The molecule has 1 aliphatic heterocycles. The largest absolute Gasteiger partial charge is 0.494 e. The number of ether oxygens (including phenoxy) is 3. The second-order valence-electron chi connectivity index (χ2n) is 6.48. The average Bonchev–Trinajstić information content (AvgIpc) is 2.76. The lowest BCUT2D eigenvalue weighted by Gasteiger charge is -2.29. The Morgan fingerprint density at radius 1 is 1.12 bits per heavy atom. The molecular formula is C22H20N2O7S. The number of carboxylic acids is 1. The zero-order chi connectivity index (χ0) is 23.3. The van der Waals surface area contributed by atoms with Gasteiger partial charge in [0.1, 0.15) is 11.3 Å². The maximum absolute atomic E-state index is 13.1. The Bertz CT molecular complexity index is 1100. The molecule has 1 aliphatic rings. The summed E-state index contributed by atoms with van der Waals surface area (Å²) < 4.78 is 15.8. The van der Waals surface area contributed by atoms with Crippen LogP contribution < -0.4 is 24.4 Å². The fourth-order valence-electron chi connectivity index (χ4n) is 2.95. The molecule has 0 bridgehead atoms. The second kappa shape index (κ2) is 9.92. The first-order valence-corrected chi connectivity index (χ1v) is 9.91. The number of thiocarbonyl (C=S) groups is 1. The average molecular weight is 456 g/mol. The van der Waals surface area contributed by atoms with Crippen LogP contribution in [-0.2, 0) is 14.4 Å². The summed E-state index contributed by atoms with van der Waals surface area (Å²) in [7, 11) is 1.39. The minimum atomic E-state index is -1.13. The summed E-state index contributed by atoms with van der Waals surface area (Å²) in [4.78, 5) is 37.5. The summed E-state index contributed by atoms with van der Waals surface area (Å²) in [5, 5.41) is 11.3. The van der Waals surface area contributed by atoms with E-state index in [1.54, 1.807) is 30.3 Å². The van der Waals surface area contributed by atoms with Crippen LogP contribution >= 0.6 is 12.2 Å². The van der Waals surface area contributed by atoms with Gasteiger partial charge in [-0.1, -0.05) is 6.07 Å². The van der Waals surface area contributed by atoms with Crippen molar-refractivity contribution < 1.29 is 33.7 Å². The number of amides is 2. The normalized spacial score (nSPS) is 14.9. The lowest BCUT2D eigenvalue weighted by atomic mass is 10.1. The highest BCUT2D eigenvalue weighted by atomic mass is 32.1. The van der Waals surface area contributed by atoms with E-state index in [4.69, 9.17) is 31.5 Å². The van der Waals surface area contributed by atoms with Gasteiger partial charge in [0.2, 0.25) is 0 Å². The highest BCUT2D eigenvalue weighted by molar-refractivity contribution is 7.80. The topological polar surface area (TPSA) is 114 Å². The van der Waals surface area contributed by atoms with Crippen molar-refractivity contribution in [3.63, 3.8) is 0 Å². The number of hydrogen-bond donors (Lipinski definition) is 2. The van der Waals surface area contributed by atoms with Gasteiger partial charge in [0, 0.05) is 0 Å². The second-order valence-corrected chi connectivity index (χ2v) is 6.86. The molecule has 2 amide bonds. The molecule has 32 heavy (non-hydrogen) atoms. The van der Waals surface area contributed by atoms with Crippen LogP contribution in [-0.4, -0.2) is 48.3 Å². The van der Waals surface area contributed by atoms with E-state index in [1.807, 2.05) is 6.92 Å². The van der Waals surface area contributed by atoms with Crippen LogP contribution in [0, 0.1) is 0 Å². The number of carbonyl (C=O) groups is 3. The quantitative estimate of drug-likeness (QED) is 0.354. The van der Waals surface area contributed by atoms with Crippen molar-refractivity contribution in [3.05, 3.63) is 53.6 Å². The Balaban J connectivity index is 1.90. The molecule has 2 aromatic rings. The molecule has 0 unspecified atom stereocenters. The highest BCUT2D eigenvalue weighted by Gasteiger charge is 2.34. The molecule has 0 aliphatic carbocycles. The van der Waals surface area contributed by atoms with E-state index < -0.39 is 24.4 Å². The molecule has 9 nitrogen and oxygen atoms in total. The van der Waals surface area contributed by atoms with Crippen LogP contribution in [0.3, 0.4) is 0 Å². The third kappa shape index (κ3) is 5.03. The monoisotopic (exact) mass is 456 g/mol. The molecule has 0 radical (unpaired) electrons. The van der Waals surface area contributed by atoms with Gasteiger partial charge in [-0.3, -0.25) is 19.8 Å². The number of rotatable bonds is 8. The van der Waals surface area contributed by atoms with Gasteiger partial charge >= 0.3 is 5.97 Å². The molecule has 1 heterocycles. The Kier molecular flexibility index (Phi) is 7.06. The molecule has 0 aromatic heterocycles. The fraction of sp³-hybridized carbons (Fsp3) is 0.182. The summed E-state index contributed by atoms with van der Waals surface area (Å²) in [5.41, 5.74) is 0.820. The van der Waals surface area contributed by atoms with E-state index in [1.165, 1.54) is 30.2 Å². The Morgan fingerprint density at radius 3 is 2.47 bits per heavy atom. The summed E-state index contributed by atoms with van der Waals surface area (Å²) in [6, 6.07) is 11.3. The lowest BCUT2D eigenvalue weighted by Crippen LogP contribution is -2.54. The Morgan fingerprint density at radius 2 is 1.84 bits per heavy atom. The van der Waals surface area contributed by atoms with Crippen LogP contribution in [0.15, 0.2) is 48.0 Å². The van der Waals surface area contributed by atoms with Crippen molar-refractivity contribution in [1.29, 1.82) is 0 Å². The molecule has 0 spiro atoms. The molecule has 166 valence electrons. The Hall–Kier alpha value is -3.92. The third-order valence-electron chi connectivity index (χ3n) is 4.36. The first-order valence-electron chi connectivity index (χ1n) is 9.51. The van der Waals surface area contributed by atoms with Crippen LogP contribution in [0.2, 0.25) is 0 Å². The number of nitrogens with zero attached hydrogens (tertiary/aromatic N) is 1. The molecule has 0 saturated carbocycles. The standard InChI is InChI=1S/C22H20N2O7S/c1-3-30-15-7-5-14(6-8-15)24-21(28)16(20(27)23-22(24)32)10-13-4-9-17(18(11-13)29-2)31-12-19(25)26/h4-11H,3,12H2,1-2H3,(H,25,26)(H,23,27,32)/b16-10+. The maximum Gasteiger partial charge on any atom is 0.341 e. The van der Waals surface area contributed by atoms with Crippen LogP contribution in [0.5, 0.6) is 17.2 Å². The number of hydrogen-bond acceptors (Lipinski definition) is 7. The first-order chi connectivity index (χ1) is 15.3.